The van der Waals surface area contributed by atoms with Crippen molar-refractivity contribution in [2.75, 3.05) is 42.0 Å². The summed E-state index contributed by atoms with van der Waals surface area (Å²) in [5.41, 5.74) is 0.857. The summed E-state index contributed by atoms with van der Waals surface area (Å²) in [7, 11) is -2.53. The van der Waals surface area contributed by atoms with Gasteiger partial charge in [-0.05, 0) is 42.5 Å². The van der Waals surface area contributed by atoms with Crippen LogP contribution in [0.15, 0.2) is 55.1 Å². The number of benzene rings is 2. The van der Waals surface area contributed by atoms with E-state index in [-0.39, 0.29) is 24.6 Å². The van der Waals surface area contributed by atoms with E-state index in [4.69, 9.17) is 9.47 Å². The molecule has 1 heterocycles. The first-order chi connectivity index (χ1) is 15.2. The summed E-state index contributed by atoms with van der Waals surface area (Å²) in [5.74, 6) is -2.46. The van der Waals surface area contributed by atoms with E-state index in [1.807, 2.05) is 0 Å². The lowest BCUT2D eigenvalue weighted by Crippen LogP contribution is -2.39. The molecule has 0 spiro atoms. The molecule has 168 valence electrons. The van der Waals surface area contributed by atoms with E-state index in [2.05, 4.69) is 11.9 Å². The molecule has 0 radical (unpaired) electrons. The zero-order chi connectivity index (χ0) is 23.3. The van der Waals surface area contributed by atoms with Crippen LogP contribution in [0.25, 0.3) is 0 Å². The predicted octanol–water partition coefficient (Wildman–Crippen LogP) is 1.84. The van der Waals surface area contributed by atoms with Gasteiger partial charge in [-0.15, -0.1) is 6.58 Å². The number of hydrogen-bond donors (Lipinski definition) is 1. The molecule has 0 aliphatic carbocycles. The lowest BCUT2D eigenvalue weighted by Gasteiger charge is -2.28. The molecular formula is C22H22N2O7S. The molecule has 0 saturated heterocycles. The second-order valence-corrected chi connectivity index (χ2v) is 9.06. The average molecular weight is 458 g/mol. The monoisotopic (exact) mass is 458 g/mol. The molecule has 10 heteroatoms. The third kappa shape index (κ3) is 5.52. The smallest absolute Gasteiger partial charge is 0.265 e. The van der Waals surface area contributed by atoms with Crippen molar-refractivity contribution in [1.82, 2.24) is 0 Å². The minimum Gasteiger partial charge on any atom is -0.497 e. The van der Waals surface area contributed by atoms with Crippen molar-refractivity contribution in [3.8, 4) is 11.5 Å². The molecular weight excluding hydrogens is 436 g/mol. The summed E-state index contributed by atoms with van der Waals surface area (Å²) < 4.78 is 35.2. The number of Topliss-reactive ketones (excluding diaryl/α,β-unsaturated/α-hetero) is 1. The van der Waals surface area contributed by atoms with E-state index >= 15 is 0 Å². The standard InChI is InChI=1S/C22H22N2O7S/c1-3-10-24-18-11-15(4-9-20(18)31-12-22(24)27)19(25)13-32(28,29)14-21(26)23-16-5-7-17(30-2)8-6-16/h3-9,11H,1,10,12-14H2,2H3,(H,23,26). The SMILES string of the molecule is C=CCN1C(=O)COc2ccc(C(=O)CS(=O)(=O)CC(=O)Nc3ccc(OC)cc3)cc21. The number of nitrogens with zero attached hydrogens (tertiary/aromatic N) is 1. The highest BCUT2D eigenvalue weighted by atomic mass is 32.2. The largest absolute Gasteiger partial charge is 0.497 e. The van der Waals surface area contributed by atoms with Gasteiger partial charge in [0, 0.05) is 17.8 Å². The first-order valence-electron chi connectivity index (χ1n) is 9.58. The number of carbonyl (C=O) groups excluding carboxylic acids is 3. The average Bonchev–Trinajstić information content (AvgIpc) is 2.75. The Balaban J connectivity index is 1.68. The van der Waals surface area contributed by atoms with E-state index in [0.717, 1.165) is 0 Å². The summed E-state index contributed by atoms with van der Waals surface area (Å²) in [5, 5.41) is 2.47. The molecule has 0 aromatic heterocycles. The fourth-order valence-electron chi connectivity index (χ4n) is 3.11. The first kappa shape index (κ1) is 23.0. The molecule has 9 nitrogen and oxygen atoms in total. The molecule has 2 aromatic carbocycles. The maximum atomic E-state index is 12.6. The summed E-state index contributed by atoms with van der Waals surface area (Å²) in [6, 6.07) is 10.7. The van der Waals surface area contributed by atoms with Crippen molar-refractivity contribution in [3.05, 3.63) is 60.7 Å². The highest BCUT2D eigenvalue weighted by molar-refractivity contribution is 7.92. The number of sulfone groups is 1. The van der Waals surface area contributed by atoms with Gasteiger partial charge in [0.05, 0.1) is 12.8 Å². The van der Waals surface area contributed by atoms with Gasteiger partial charge in [0.1, 0.15) is 23.0 Å². The Morgan fingerprint density at radius 3 is 2.56 bits per heavy atom. The molecule has 2 aromatic rings. The maximum Gasteiger partial charge on any atom is 0.265 e. The lowest BCUT2D eigenvalue weighted by atomic mass is 10.1. The molecule has 0 bridgehead atoms. The topological polar surface area (TPSA) is 119 Å². The molecule has 1 aliphatic heterocycles. The quantitative estimate of drug-likeness (QED) is 0.450. The number of carbonyl (C=O) groups is 3. The maximum absolute atomic E-state index is 12.6. The molecule has 1 N–H and O–H groups in total. The Hall–Kier alpha value is -3.66. The van der Waals surface area contributed by atoms with Crippen molar-refractivity contribution in [1.29, 1.82) is 0 Å². The molecule has 0 unspecified atom stereocenters. The van der Waals surface area contributed by atoms with Gasteiger partial charge in [0.2, 0.25) is 5.91 Å². The zero-order valence-electron chi connectivity index (χ0n) is 17.4. The minimum atomic E-state index is -4.03. The number of hydrogen-bond acceptors (Lipinski definition) is 7. The van der Waals surface area contributed by atoms with E-state index in [1.54, 1.807) is 24.3 Å². The second kappa shape index (κ2) is 9.65. The van der Waals surface area contributed by atoms with Gasteiger partial charge < -0.3 is 19.7 Å². The summed E-state index contributed by atoms with van der Waals surface area (Å²) in [4.78, 5) is 38.2. The fraction of sp³-hybridized carbons (Fsp3) is 0.227. The van der Waals surface area contributed by atoms with E-state index in [9.17, 15) is 22.8 Å². The number of rotatable bonds is 9. The van der Waals surface area contributed by atoms with Gasteiger partial charge >= 0.3 is 0 Å². The Bertz CT molecular complexity index is 1160. The van der Waals surface area contributed by atoms with Gasteiger partial charge in [0.15, 0.2) is 22.2 Å². The number of fused-ring (bicyclic) bond motifs is 1. The number of amides is 2. The summed E-state index contributed by atoms with van der Waals surface area (Å²) >= 11 is 0. The van der Waals surface area contributed by atoms with Gasteiger partial charge in [-0.25, -0.2) is 8.42 Å². The molecule has 1 aliphatic rings. The van der Waals surface area contributed by atoms with Crippen molar-refractivity contribution >= 4 is 38.8 Å². The fourth-order valence-corrected chi connectivity index (χ4v) is 4.25. The van der Waals surface area contributed by atoms with Crippen LogP contribution < -0.4 is 19.7 Å². The van der Waals surface area contributed by atoms with Gasteiger partial charge in [-0.1, -0.05) is 6.08 Å². The van der Waals surface area contributed by atoms with Crippen LogP contribution in [0.2, 0.25) is 0 Å². The number of nitrogens with one attached hydrogen (secondary N) is 1. The number of ether oxygens (including phenoxy) is 2. The second-order valence-electron chi connectivity index (χ2n) is 7.00. The van der Waals surface area contributed by atoms with E-state index < -0.39 is 33.0 Å². The Morgan fingerprint density at radius 2 is 1.91 bits per heavy atom. The normalized spacial score (nSPS) is 13.0. The predicted molar refractivity (Wildman–Crippen MR) is 119 cm³/mol. The molecule has 0 saturated carbocycles. The van der Waals surface area contributed by atoms with Crippen LogP contribution in [-0.2, 0) is 19.4 Å². The molecule has 0 fully saturated rings. The van der Waals surface area contributed by atoms with Crippen LogP contribution in [0.5, 0.6) is 11.5 Å². The van der Waals surface area contributed by atoms with E-state index in [0.29, 0.717) is 22.9 Å². The van der Waals surface area contributed by atoms with Crippen molar-refractivity contribution in [3.63, 3.8) is 0 Å². The molecule has 0 atom stereocenters. The summed E-state index contributed by atoms with van der Waals surface area (Å²) in [6.45, 7) is 3.70. The Labute approximate surface area is 185 Å². The third-order valence-electron chi connectivity index (χ3n) is 4.61. The molecule has 32 heavy (non-hydrogen) atoms. The molecule has 3 rings (SSSR count). The van der Waals surface area contributed by atoms with Crippen LogP contribution in [0.1, 0.15) is 10.4 Å². The van der Waals surface area contributed by atoms with Crippen molar-refractivity contribution in [2.45, 2.75) is 0 Å². The zero-order valence-corrected chi connectivity index (χ0v) is 18.2. The van der Waals surface area contributed by atoms with Crippen LogP contribution in [0.4, 0.5) is 11.4 Å². The van der Waals surface area contributed by atoms with Gasteiger partial charge in [-0.3, -0.25) is 14.4 Å². The lowest BCUT2D eigenvalue weighted by molar-refractivity contribution is -0.121. The first-order valence-corrected chi connectivity index (χ1v) is 11.4. The van der Waals surface area contributed by atoms with Crippen LogP contribution >= 0.6 is 0 Å². The van der Waals surface area contributed by atoms with Gasteiger partial charge in [0.25, 0.3) is 5.91 Å². The third-order valence-corrected chi connectivity index (χ3v) is 6.02. The number of ketones is 1. The highest BCUT2D eigenvalue weighted by Crippen LogP contribution is 2.33. The minimum absolute atomic E-state index is 0.0928. The van der Waals surface area contributed by atoms with E-state index in [1.165, 1.54) is 36.3 Å². The Morgan fingerprint density at radius 1 is 1.19 bits per heavy atom. The number of anilines is 2. The Kier molecular flexibility index (Phi) is 6.94. The van der Waals surface area contributed by atoms with Crippen LogP contribution in [0.3, 0.4) is 0 Å². The van der Waals surface area contributed by atoms with Crippen molar-refractivity contribution in [2.24, 2.45) is 0 Å². The summed E-state index contributed by atoms with van der Waals surface area (Å²) in [6.07, 6.45) is 1.54. The molecule has 2 amide bonds. The number of methoxy groups -OCH3 is 1. The highest BCUT2D eigenvalue weighted by Gasteiger charge is 2.27. The van der Waals surface area contributed by atoms with Gasteiger partial charge in [-0.2, -0.15) is 0 Å². The van der Waals surface area contributed by atoms with Crippen LogP contribution in [0, 0.1) is 0 Å². The van der Waals surface area contributed by atoms with Crippen molar-refractivity contribution < 1.29 is 32.3 Å². The van der Waals surface area contributed by atoms with Crippen LogP contribution in [-0.4, -0.2) is 57.8 Å².